The van der Waals surface area contributed by atoms with Crippen LogP contribution >= 0.6 is 0 Å². The van der Waals surface area contributed by atoms with Gasteiger partial charge in [0.15, 0.2) is 0 Å². The number of carbonyl (C=O) groups is 1. The zero-order valence-electron chi connectivity index (χ0n) is 12.9. The Morgan fingerprint density at radius 2 is 1.96 bits per heavy atom. The van der Waals surface area contributed by atoms with Crippen molar-refractivity contribution in [3.63, 3.8) is 0 Å². The van der Waals surface area contributed by atoms with E-state index in [1.54, 1.807) is 24.3 Å². The van der Waals surface area contributed by atoms with Gasteiger partial charge in [-0.1, -0.05) is 18.2 Å². The number of nitro groups is 1. The molecule has 2 aromatic rings. The second-order valence-electron chi connectivity index (χ2n) is 4.76. The zero-order chi connectivity index (χ0) is 17.5. The summed E-state index contributed by atoms with van der Waals surface area (Å²) in [5, 5.41) is 13.6. The molecule has 0 saturated heterocycles. The van der Waals surface area contributed by atoms with E-state index in [1.807, 2.05) is 6.07 Å². The van der Waals surface area contributed by atoms with Gasteiger partial charge in [0.1, 0.15) is 11.3 Å². The average Bonchev–Trinajstić information content (AvgIpc) is 2.61. The minimum absolute atomic E-state index is 0.0927. The maximum Gasteiger partial charge on any atom is 0.282 e. The van der Waals surface area contributed by atoms with Gasteiger partial charge in [-0.25, -0.2) is 0 Å². The van der Waals surface area contributed by atoms with Gasteiger partial charge in [-0.15, -0.1) is 0 Å². The molecule has 0 aromatic heterocycles. The standard InChI is InChI=1S/C16H16N2O5S/c1-23-12-7-8-15(18(20)21)14(11-12)16(19)17-9-10-24(22)13-5-3-2-4-6-13/h2-8,11H,9-10H2,1H3,(H,17,19)/t24-/m0/s1. The van der Waals surface area contributed by atoms with Gasteiger partial charge in [0.05, 0.1) is 22.8 Å². The quantitative estimate of drug-likeness (QED) is 0.610. The molecule has 1 amide bonds. The number of rotatable bonds is 7. The van der Waals surface area contributed by atoms with Gasteiger partial charge >= 0.3 is 0 Å². The minimum atomic E-state index is -1.25. The van der Waals surface area contributed by atoms with Crippen LogP contribution in [0, 0.1) is 10.1 Å². The lowest BCUT2D eigenvalue weighted by atomic mass is 10.1. The van der Waals surface area contributed by atoms with Crippen molar-refractivity contribution in [3.05, 3.63) is 64.2 Å². The molecule has 0 heterocycles. The number of ether oxygens (including phenoxy) is 1. The van der Waals surface area contributed by atoms with E-state index < -0.39 is 21.6 Å². The summed E-state index contributed by atoms with van der Waals surface area (Å²) >= 11 is 0. The maximum absolute atomic E-state index is 12.2. The van der Waals surface area contributed by atoms with Gasteiger partial charge in [-0.3, -0.25) is 19.1 Å². The molecule has 126 valence electrons. The van der Waals surface area contributed by atoms with Gasteiger partial charge in [-0.2, -0.15) is 0 Å². The number of carbonyl (C=O) groups excluding carboxylic acids is 1. The average molecular weight is 348 g/mol. The highest BCUT2D eigenvalue weighted by Crippen LogP contribution is 2.23. The fraction of sp³-hybridized carbons (Fsp3) is 0.188. The van der Waals surface area contributed by atoms with Crippen LogP contribution in [0.3, 0.4) is 0 Å². The Labute approximate surface area is 141 Å². The molecular formula is C16H16N2O5S. The summed E-state index contributed by atoms with van der Waals surface area (Å²) in [7, 11) is 0.159. The summed E-state index contributed by atoms with van der Waals surface area (Å²) < 4.78 is 17.1. The third-order valence-corrected chi connectivity index (χ3v) is 4.60. The van der Waals surface area contributed by atoms with Gasteiger partial charge in [0.25, 0.3) is 11.6 Å². The van der Waals surface area contributed by atoms with Crippen LogP contribution in [0.5, 0.6) is 5.75 Å². The molecule has 0 bridgehead atoms. The van der Waals surface area contributed by atoms with Crippen molar-refractivity contribution in [3.8, 4) is 5.75 Å². The molecule has 2 rings (SSSR count). The van der Waals surface area contributed by atoms with Crippen LogP contribution in [0.2, 0.25) is 0 Å². The van der Waals surface area contributed by atoms with Crippen molar-refractivity contribution in [2.45, 2.75) is 4.90 Å². The van der Waals surface area contributed by atoms with Crippen molar-refractivity contribution in [1.29, 1.82) is 0 Å². The van der Waals surface area contributed by atoms with Gasteiger partial charge in [0.2, 0.25) is 0 Å². The van der Waals surface area contributed by atoms with Crippen molar-refractivity contribution in [2.75, 3.05) is 19.4 Å². The highest BCUT2D eigenvalue weighted by atomic mass is 32.2. The number of nitrogens with zero attached hydrogens (tertiary/aromatic N) is 1. The first kappa shape index (κ1) is 17.6. The van der Waals surface area contributed by atoms with Crippen LogP contribution in [-0.4, -0.2) is 34.4 Å². The fourth-order valence-corrected chi connectivity index (χ4v) is 3.01. The number of nitro benzene ring substituents is 1. The molecule has 2 aromatic carbocycles. The summed E-state index contributed by atoms with van der Waals surface area (Å²) in [6.45, 7) is 0.134. The van der Waals surface area contributed by atoms with E-state index in [4.69, 9.17) is 4.74 Å². The van der Waals surface area contributed by atoms with Gasteiger partial charge < -0.3 is 10.1 Å². The molecule has 0 fully saturated rings. The Morgan fingerprint density at radius 1 is 1.25 bits per heavy atom. The predicted molar refractivity (Wildman–Crippen MR) is 89.7 cm³/mol. The smallest absolute Gasteiger partial charge is 0.282 e. The van der Waals surface area contributed by atoms with Gasteiger partial charge in [0, 0.05) is 23.3 Å². The number of hydrogen-bond donors (Lipinski definition) is 1. The largest absolute Gasteiger partial charge is 0.497 e. The second-order valence-corrected chi connectivity index (χ2v) is 6.33. The lowest BCUT2D eigenvalue weighted by molar-refractivity contribution is -0.385. The molecule has 1 atom stereocenters. The van der Waals surface area contributed by atoms with Crippen molar-refractivity contribution in [2.24, 2.45) is 0 Å². The Hall–Kier alpha value is -2.74. The van der Waals surface area contributed by atoms with Crippen LogP contribution in [0.1, 0.15) is 10.4 Å². The second kappa shape index (κ2) is 8.21. The van der Waals surface area contributed by atoms with Gasteiger partial charge in [-0.05, 0) is 24.3 Å². The first-order chi connectivity index (χ1) is 11.5. The third kappa shape index (κ3) is 4.39. The van der Waals surface area contributed by atoms with Crippen LogP contribution in [0.15, 0.2) is 53.4 Å². The Balaban J connectivity index is 2.02. The molecule has 0 radical (unpaired) electrons. The first-order valence-corrected chi connectivity index (χ1v) is 8.39. The lowest BCUT2D eigenvalue weighted by Gasteiger charge is -2.07. The fourth-order valence-electron chi connectivity index (χ4n) is 2.03. The Kier molecular flexibility index (Phi) is 6.02. The number of amides is 1. The first-order valence-electron chi connectivity index (χ1n) is 7.07. The number of methoxy groups -OCH3 is 1. The third-order valence-electron chi connectivity index (χ3n) is 3.22. The molecule has 0 aliphatic rings. The highest BCUT2D eigenvalue weighted by Gasteiger charge is 2.21. The van der Waals surface area contributed by atoms with Crippen molar-refractivity contribution >= 4 is 22.4 Å². The summed E-state index contributed by atoms with van der Waals surface area (Å²) in [6.07, 6.45) is 0. The zero-order valence-corrected chi connectivity index (χ0v) is 13.7. The van der Waals surface area contributed by atoms with E-state index in [0.717, 1.165) is 0 Å². The summed E-state index contributed by atoms with van der Waals surface area (Å²) in [6, 6.07) is 12.8. The summed E-state index contributed by atoms with van der Waals surface area (Å²) in [4.78, 5) is 23.3. The Morgan fingerprint density at radius 3 is 2.58 bits per heavy atom. The molecule has 0 saturated carbocycles. The molecule has 0 aliphatic heterocycles. The molecule has 0 unspecified atom stereocenters. The lowest BCUT2D eigenvalue weighted by Crippen LogP contribution is -2.28. The SMILES string of the molecule is COc1ccc([N+](=O)[O-])c(C(=O)NCC[S@](=O)c2ccccc2)c1. The highest BCUT2D eigenvalue weighted by molar-refractivity contribution is 7.85. The molecule has 7 nitrogen and oxygen atoms in total. The summed E-state index contributed by atoms with van der Waals surface area (Å²) in [5.41, 5.74) is -0.401. The molecule has 0 spiro atoms. The topological polar surface area (TPSA) is 98.5 Å². The van der Waals surface area contributed by atoms with Crippen molar-refractivity contribution in [1.82, 2.24) is 5.32 Å². The monoisotopic (exact) mass is 348 g/mol. The number of hydrogen-bond acceptors (Lipinski definition) is 5. The molecule has 8 heteroatoms. The summed E-state index contributed by atoms with van der Waals surface area (Å²) in [5.74, 6) is -0.0441. The van der Waals surface area contributed by atoms with E-state index in [0.29, 0.717) is 10.6 Å². The number of nitrogens with one attached hydrogen (secondary N) is 1. The van der Waals surface area contributed by atoms with Crippen LogP contribution in [0.25, 0.3) is 0 Å². The van der Waals surface area contributed by atoms with Crippen LogP contribution in [0.4, 0.5) is 5.69 Å². The molecule has 0 aliphatic carbocycles. The van der Waals surface area contributed by atoms with E-state index in [-0.39, 0.29) is 23.5 Å². The number of benzene rings is 2. The molecular weight excluding hydrogens is 332 g/mol. The maximum atomic E-state index is 12.2. The van der Waals surface area contributed by atoms with E-state index in [1.165, 1.54) is 25.3 Å². The van der Waals surface area contributed by atoms with E-state index in [9.17, 15) is 19.1 Å². The molecule has 24 heavy (non-hydrogen) atoms. The van der Waals surface area contributed by atoms with Crippen LogP contribution < -0.4 is 10.1 Å². The predicted octanol–water partition coefficient (Wildman–Crippen LogP) is 2.14. The van der Waals surface area contributed by atoms with E-state index in [2.05, 4.69) is 5.32 Å². The molecule has 1 N–H and O–H groups in total. The normalized spacial score (nSPS) is 11.5. The Bertz CT molecular complexity index is 764. The van der Waals surface area contributed by atoms with E-state index >= 15 is 0 Å². The van der Waals surface area contributed by atoms with Crippen molar-refractivity contribution < 1.29 is 18.7 Å². The minimum Gasteiger partial charge on any atom is -0.497 e. The van der Waals surface area contributed by atoms with Crippen LogP contribution in [-0.2, 0) is 10.8 Å².